The van der Waals surface area contributed by atoms with E-state index in [2.05, 4.69) is 22.0 Å². The van der Waals surface area contributed by atoms with Crippen LogP contribution in [0.1, 0.15) is 51.9 Å². The quantitative estimate of drug-likeness (QED) is 0.862. The summed E-state index contributed by atoms with van der Waals surface area (Å²) in [5, 5.41) is 3.36. The van der Waals surface area contributed by atoms with E-state index in [4.69, 9.17) is 0 Å². The summed E-state index contributed by atoms with van der Waals surface area (Å²) >= 11 is 0. The Labute approximate surface area is 129 Å². The molecule has 3 atom stereocenters. The van der Waals surface area contributed by atoms with Crippen molar-refractivity contribution in [2.45, 2.75) is 64.0 Å². The van der Waals surface area contributed by atoms with Gasteiger partial charge in [-0.15, -0.1) is 0 Å². The van der Waals surface area contributed by atoms with Gasteiger partial charge >= 0.3 is 0 Å². The number of piperidine rings is 2. The molecule has 3 unspecified atom stereocenters. The zero-order valence-electron chi connectivity index (χ0n) is 13.5. The highest BCUT2D eigenvalue weighted by Crippen LogP contribution is 2.23. The maximum absolute atomic E-state index is 12.6. The average Bonchev–Trinajstić information content (AvgIpc) is 3.03. The first kappa shape index (κ1) is 15.3. The molecule has 1 N–H and O–H groups in total. The van der Waals surface area contributed by atoms with Gasteiger partial charge in [-0.2, -0.15) is 0 Å². The predicted octanol–water partition coefficient (Wildman–Crippen LogP) is 1.85. The molecule has 3 aliphatic rings. The first-order valence-electron chi connectivity index (χ1n) is 9.00. The van der Waals surface area contributed by atoms with Crippen LogP contribution < -0.4 is 5.32 Å². The minimum Gasteiger partial charge on any atom is -0.341 e. The number of rotatable bonds is 3. The number of nitrogens with zero attached hydrogens (tertiary/aromatic N) is 2. The first-order chi connectivity index (χ1) is 10.2. The van der Waals surface area contributed by atoms with Crippen molar-refractivity contribution < 1.29 is 4.79 Å². The second kappa shape index (κ2) is 7.10. The normalized spacial score (nSPS) is 35.1. The molecular formula is C17H31N3O. The van der Waals surface area contributed by atoms with E-state index in [1.165, 1.54) is 45.2 Å². The van der Waals surface area contributed by atoms with Crippen molar-refractivity contribution in [3.05, 3.63) is 0 Å². The molecular weight excluding hydrogens is 262 g/mol. The van der Waals surface area contributed by atoms with Crippen molar-refractivity contribution in [3.63, 3.8) is 0 Å². The van der Waals surface area contributed by atoms with E-state index in [9.17, 15) is 4.79 Å². The number of carbonyl (C=O) groups excluding carboxylic acids is 1. The lowest BCUT2D eigenvalue weighted by atomic mass is 9.94. The van der Waals surface area contributed by atoms with Crippen LogP contribution in [0, 0.1) is 5.92 Å². The molecule has 0 aromatic carbocycles. The summed E-state index contributed by atoms with van der Waals surface area (Å²) < 4.78 is 0. The van der Waals surface area contributed by atoms with Crippen molar-refractivity contribution >= 4 is 5.91 Å². The van der Waals surface area contributed by atoms with Crippen molar-refractivity contribution in [1.29, 1.82) is 0 Å². The topological polar surface area (TPSA) is 35.6 Å². The largest absolute Gasteiger partial charge is 0.341 e. The van der Waals surface area contributed by atoms with Gasteiger partial charge < -0.3 is 15.1 Å². The van der Waals surface area contributed by atoms with Crippen molar-refractivity contribution in [2.75, 3.05) is 32.7 Å². The van der Waals surface area contributed by atoms with Gasteiger partial charge in [0.05, 0.1) is 6.04 Å². The molecule has 3 saturated heterocycles. The molecule has 0 radical (unpaired) electrons. The molecule has 0 saturated carbocycles. The lowest BCUT2D eigenvalue weighted by Crippen LogP contribution is -2.50. The Bertz CT molecular complexity index is 354. The summed E-state index contributed by atoms with van der Waals surface area (Å²) in [4.78, 5) is 17.4. The molecule has 3 aliphatic heterocycles. The molecule has 3 fully saturated rings. The van der Waals surface area contributed by atoms with Crippen LogP contribution in [-0.4, -0.2) is 60.5 Å². The highest BCUT2D eigenvalue weighted by atomic mass is 16.2. The first-order valence-corrected chi connectivity index (χ1v) is 9.00. The van der Waals surface area contributed by atoms with Gasteiger partial charge in [0.1, 0.15) is 0 Å². The van der Waals surface area contributed by atoms with E-state index in [1.807, 2.05) is 0 Å². The Kier molecular flexibility index (Phi) is 5.17. The van der Waals surface area contributed by atoms with Crippen LogP contribution in [0.3, 0.4) is 0 Å². The Morgan fingerprint density at radius 2 is 2.00 bits per heavy atom. The lowest BCUT2D eigenvalue weighted by molar-refractivity contribution is -0.135. The molecule has 1 amide bonds. The maximum atomic E-state index is 12.6. The summed E-state index contributed by atoms with van der Waals surface area (Å²) in [7, 11) is 0. The highest BCUT2D eigenvalue weighted by molar-refractivity contribution is 5.82. The van der Waals surface area contributed by atoms with Gasteiger partial charge in [-0.25, -0.2) is 0 Å². The number of amides is 1. The van der Waals surface area contributed by atoms with Crippen LogP contribution in [0.15, 0.2) is 0 Å². The summed E-state index contributed by atoms with van der Waals surface area (Å²) in [5.74, 6) is 1.05. The van der Waals surface area contributed by atoms with Gasteiger partial charge in [-0.1, -0.05) is 6.42 Å². The summed E-state index contributed by atoms with van der Waals surface area (Å²) in [5.41, 5.74) is 0. The monoisotopic (exact) mass is 293 g/mol. The second-order valence-corrected chi connectivity index (χ2v) is 7.28. The van der Waals surface area contributed by atoms with E-state index < -0.39 is 0 Å². The Hall–Kier alpha value is -0.610. The Balaban J connectivity index is 1.51. The molecule has 21 heavy (non-hydrogen) atoms. The number of nitrogens with one attached hydrogen (secondary N) is 1. The van der Waals surface area contributed by atoms with Gasteiger partial charge in [-0.05, 0) is 64.5 Å². The standard InChI is InChI=1S/C17H31N3O/c1-14-6-2-3-10-19(14)12-15-7-5-11-20(13-15)17(21)16-8-4-9-18-16/h14-16,18H,2-13H2,1H3. The van der Waals surface area contributed by atoms with Crippen molar-refractivity contribution in [2.24, 2.45) is 5.92 Å². The molecule has 3 rings (SSSR count). The lowest BCUT2D eigenvalue weighted by Gasteiger charge is -2.40. The number of hydrogen-bond acceptors (Lipinski definition) is 3. The third-order valence-corrected chi connectivity index (χ3v) is 5.62. The Morgan fingerprint density at radius 3 is 2.76 bits per heavy atom. The van der Waals surface area contributed by atoms with Gasteiger partial charge in [0.25, 0.3) is 0 Å². The zero-order chi connectivity index (χ0) is 14.7. The molecule has 4 nitrogen and oxygen atoms in total. The average molecular weight is 293 g/mol. The predicted molar refractivity (Wildman–Crippen MR) is 85.2 cm³/mol. The van der Waals surface area contributed by atoms with Crippen molar-refractivity contribution in [3.8, 4) is 0 Å². The highest BCUT2D eigenvalue weighted by Gasteiger charge is 2.31. The summed E-state index contributed by atoms with van der Waals surface area (Å²) in [6.07, 6.45) is 8.76. The molecule has 0 aromatic rings. The Morgan fingerprint density at radius 1 is 1.10 bits per heavy atom. The summed E-state index contributed by atoms with van der Waals surface area (Å²) in [6.45, 7) is 7.80. The van der Waals surface area contributed by atoms with Gasteiger partial charge in [0, 0.05) is 25.7 Å². The fourth-order valence-electron chi connectivity index (χ4n) is 4.29. The van der Waals surface area contributed by atoms with E-state index in [1.54, 1.807) is 0 Å². The number of hydrogen-bond donors (Lipinski definition) is 1. The van der Waals surface area contributed by atoms with Crippen LogP contribution in [-0.2, 0) is 4.79 Å². The number of likely N-dealkylation sites (tertiary alicyclic amines) is 2. The zero-order valence-corrected chi connectivity index (χ0v) is 13.5. The minimum atomic E-state index is 0.109. The van der Waals surface area contributed by atoms with Crippen molar-refractivity contribution in [1.82, 2.24) is 15.1 Å². The third-order valence-electron chi connectivity index (χ3n) is 5.62. The molecule has 3 heterocycles. The van der Waals surface area contributed by atoms with Crippen LogP contribution in [0.4, 0.5) is 0 Å². The molecule has 4 heteroatoms. The molecule has 0 aliphatic carbocycles. The second-order valence-electron chi connectivity index (χ2n) is 7.28. The van der Waals surface area contributed by atoms with Crippen LogP contribution in [0.5, 0.6) is 0 Å². The van der Waals surface area contributed by atoms with Crippen LogP contribution in [0.25, 0.3) is 0 Å². The van der Waals surface area contributed by atoms with Crippen LogP contribution >= 0.6 is 0 Å². The van der Waals surface area contributed by atoms with E-state index in [0.29, 0.717) is 11.8 Å². The summed E-state index contributed by atoms with van der Waals surface area (Å²) in [6, 6.07) is 0.846. The van der Waals surface area contributed by atoms with Gasteiger partial charge in [-0.3, -0.25) is 4.79 Å². The third kappa shape index (κ3) is 3.78. The SMILES string of the molecule is CC1CCCCN1CC1CCCN(C(=O)C2CCCN2)C1. The molecule has 120 valence electrons. The molecule has 0 bridgehead atoms. The number of carbonyl (C=O) groups is 1. The minimum absolute atomic E-state index is 0.109. The maximum Gasteiger partial charge on any atom is 0.239 e. The van der Waals surface area contributed by atoms with Gasteiger partial charge in [0.2, 0.25) is 5.91 Å². The van der Waals surface area contributed by atoms with Gasteiger partial charge in [0.15, 0.2) is 0 Å². The molecule has 0 aromatic heterocycles. The van der Waals surface area contributed by atoms with E-state index in [-0.39, 0.29) is 6.04 Å². The smallest absolute Gasteiger partial charge is 0.239 e. The fourth-order valence-corrected chi connectivity index (χ4v) is 4.29. The van der Waals surface area contributed by atoms with E-state index >= 15 is 0 Å². The van der Waals surface area contributed by atoms with Crippen LogP contribution in [0.2, 0.25) is 0 Å². The fraction of sp³-hybridized carbons (Fsp3) is 0.941. The molecule has 0 spiro atoms. The van der Waals surface area contributed by atoms with E-state index in [0.717, 1.165) is 38.5 Å².